The number of nitrogens with two attached hydrogens (primary N) is 1. The van der Waals surface area contributed by atoms with Crippen molar-refractivity contribution in [3.8, 4) is 0 Å². The summed E-state index contributed by atoms with van der Waals surface area (Å²) in [5.74, 6) is 2.39. The van der Waals surface area contributed by atoms with Gasteiger partial charge in [-0.15, -0.1) is 11.8 Å². The van der Waals surface area contributed by atoms with E-state index in [-0.39, 0.29) is 0 Å². The molecule has 0 aliphatic heterocycles. The molecule has 1 aromatic carbocycles. The van der Waals surface area contributed by atoms with Gasteiger partial charge in [0.15, 0.2) is 0 Å². The SMILES string of the molecule is Nc1ccc(SCC2CCCc3ccccc32)cn1. The summed E-state index contributed by atoms with van der Waals surface area (Å²) in [6.45, 7) is 0. The van der Waals surface area contributed by atoms with Crippen molar-refractivity contribution in [2.45, 2.75) is 30.1 Å². The number of pyridine rings is 1. The lowest BCUT2D eigenvalue weighted by Gasteiger charge is -2.25. The predicted molar refractivity (Wildman–Crippen MR) is 81.5 cm³/mol. The molecule has 0 saturated carbocycles. The molecule has 1 aliphatic carbocycles. The van der Waals surface area contributed by atoms with Crippen LogP contribution in [0.25, 0.3) is 0 Å². The molecule has 1 unspecified atom stereocenters. The van der Waals surface area contributed by atoms with Gasteiger partial charge >= 0.3 is 0 Å². The highest BCUT2D eigenvalue weighted by molar-refractivity contribution is 7.99. The molecule has 2 N–H and O–H groups in total. The van der Waals surface area contributed by atoms with Crippen LogP contribution in [0.5, 0.6) is 0 Å². The van der Waals surface area contributed by atoms with Crippen molar-refractivity contribution in [1.82, 2.24) is 4.98 Å². The Morgan fingerprint density at radius 1 is 1.21 bits per heavy atom. The van der Waals surface area contributed by atoms with E-state index >= 15 is 0 Å². The fourth-order valence-corrected chi connectivity index (χ4v) is 3.73. The molecule has 1 aliphatic rings. The summed E-state index contributed by atoms with van der Waals surface area (Å²) < 4.78 is 0. The standard InChI is InChI=1S/C16H18N2S/c17-16-9-8-14(10-18-16)19-11-13-6-3-5-12-4-1-2-7-15(12)13/h1-2,4,7-10,13H,3,5-6,11H2,(H2,17,18). The van der Waals surface area contributed by atoms with Crippen LogP contribution in [0.4, 0.5) is 5.82 Å². The van der Waals surface area contributed by atoms with E-state index in [2.05, 4.69) is 35.3 Å². The lowest BCUT2D eigenvalue weighted by molar-refractivity contribution is 0.596. The molecule has 0 saturated heterocycles. The van der Waals surface area contributed by atoms with E-state index in [1.165, 1.54) is 29.7 Å². The van der Waals surface area contributed by atoms with Gasteiger partial charge in [0, 0.05) is 16.8 Å². The number of benzene rings is 1. The monoisotopic (exact) mass is 270 g/mol. The Morgan fingerprint density at radius 3 is 2.95 bits per heavy atom. The fraction of sp³-hybridized carbons (Fsp3) is 0.312. The van der Waals surface area contributed by atoms with Crippen molar-refractivity contribution in [3.05, 3.63) is 53.7 Å². The van der Waals surface area contributed by atoms with E-state index in [0.29, 0.717) is 11.7 Å². The highest BCUT2D eigenvalue weighted by Gasteiger charge is 2.19. The zero-order valence-corrected chi connectivity index (χ0v) is 11.7. The van der Waals surface area contributed by atoms with E-state index in [1.54, 1.807) is 5.56 Å². The minimum Gasteiger partial charge on any atom is -0.384 e. The molecule has 3 heteroatoms. The third kappa shape index (κ3) is 2.92. The first-order chi connectivity index (χ1) is 9.33. The summed E-state index contributed by atoms with van der Waals surface area (Å²) in [7, 11) is 0. The lowest BCUT2D eigenvalue weighted by Crippen LogP contribution is -2.11. The molecule has 2 aromatic rings. The number of thioether (sulfide) groups is 1. The van der Waals surface area contributed by atoms with Gasteiger partial charge in [0.2, 0.25) is 0 Å². The van der Waals surface area contributed by atoms with E-state index in [1.807, 2.05) is 24.0 Å². The van der Waals surface area contributed by atoms with Crippen molar-refractivity contribution in [1.29, 1.82) is 0 Å². The van der Waals surface area contributed by atoms with E-state index in [9.17, 15) is 0 Å². The minimum atomic E-state index is 0.590. The number of hydrogen-bond acceptors (Lipinski definition) is 3. The van der Waals surface area contributed by atoms with Crippen LogP contribution in [0, 0.1) is 0 Å². The number of nitrogens with zero attached hydrogens (tertiary/aromatic N) is 1. The summed E-state index contributed by atoms with van der Waals surface area (Å²) >= 11 is 1.88. The third-order valence-electron chi connectivity index (χ3n) is 3.70. The van der Waals surface area contributed by atoms with E-state index < -0.39 is 0 Å². The highest BCUT2D eigenvalue weighted by atomic mass is 32.2. The molecular weight excluding hydrogens is 252 g/mol. The Labute approximate surface area is 118 Å². The number of aryl methyl sites for hydroxylation is 1. The summed E-state index contributed by atoms with van der Waals surface area (Å²) in [4.78, 5) is 5.35. The lowest BCUT2D eigenvalue weighted by atomic mass is 9.84. The molecule has 0 spiro atoms. The maximum Gasteiger partial charge on any atom is 0.123 e. The van der Waals surface area contributed by atoms with Crippen molar-refractivity contribution in [2.75, 3.05) is 11.5 Å². The van der Waals surface area contributed by atoms with Crippen LogP contribution < -0.4 is 5.73 Å². The zero-order chi connectivity index (χ0) is 13.1. The zero-order valence-electron chi connectivity index (χ0n) is 10.9. The third-order valence-corrected chi connectivity index (χ3v) is 4.85. The maximum absolute atomic E-state index is 5.61. The Bertz CT molecular complexity index is 551. The summed E-state index contributed by atoms with van der Waals surface area (Å²) in [5, 5.41) is 0. The second-order valence-corrected chi connectivity index (χ2v) is 6.11. The van der Waals surface area contributed by atoms with Crippen LogP contribution >= 0.6 is 11.8 Å². The van der Waals surface area contributed by atoms with Gasteiger partial charge in [-0.05, 0) is 48.4 Å². The minimum absolute atomic E-state index is 0.590. The number of fused-ring (bicyclic) bond motifs is 1. The molecule has 0 amide bonds. The molecule has 3 rings (SSSR count). The molecule has 0 fully saturated rings. The van der Waals surface area contributed by atoms with Gasteiger partial charge < -0.3 is 5.73 Å². The molecule has 0 bridgehead atoms. The largest absolute Gasteiger partial charge is 0.384 e. The second kappa shape index (κ2) is 5.66. The topological polar surface area (TPSA) is 38.9 Å². The molecule has 1 heterocycles. The van der Waals surface area contributed by atoms with Gasteiger partial charge in [0.1, 0.15) is 5.82 Å². The number of anilines is 1. The Kier molecular flexibility index (Phi) is 3.74. The first-order valence-corrected chi connectivity index (χ1v) is 7.73. The van der Waals surface area contributed by atoms with Crippen LogP contribution in [0.2, 0.25) is 0 Å². The van der Waals surface area contributed by atoms with Gasteiger partial charge in [0.05, 0.1) is 0 Å². The molecule has 0 radical (unpaired) electrons. The smallest absolute Gasteiger partial charge is 0.123 e. The van der Waals surface area contributed by atoms with E-state index in [4.69, 9.17) is 5.73 Å². The molecule has 19 heavy (non-hydrogen) atoms. The van der Waals surface area contributed by atoms with Crippen LogP contribution in [0.3, 0.4) is 0 Å². The van der Waals surface area contributed by atoms with Gasteiger partial charge in [0.25, 0.3) is 0 Å². The second-order valence-electron chi connectivity index (χ2n) is 5.02. The van der Waals surface area contributed by atoms with Crippen LogP contribution in [0.15, 0.2) is 47.5 Å². The van der Waals surface area contributed by atoms with Gasteiger partial charge in [-0.1, -0.05) is 24.3 Å². The number of aromatic nitrogens is 1. The molecule has 1 aromatic heterocycles. The molecule has 98 valence electrons. The predicted octanol–water partition coefficient (Wildman–Crippen LogP) is 3.88. The summed E-state index contributed by atoms with van der Waals surface area (Å²) in [6.07, 6.45) is 5.71. The van der Waals surface area contributed by atoms with Crippen LogP contribution in [-0.4, -0.2) is 10.7 Å². The highest BCUT2D eigenvalue weighted by Crippen LogP contribution is 2.35. The van der Waals surface area contributed by atoms with Gasteiger partial charge in [-0.2, -0.15) is 0 Å². The molecular formula is C16H18N2S. The molecule has 1 atom stereocenters. The fourth-order valence-electron chi connectivity index (χ4n) is 2.70. The van der Waals surface area contributed by atoms with Crippen molar-refractivity contribution in [3.63, 3.8) is 0 Å². The summed E-state index contributed by atoms with van der Waals surface area (Å²) in [5.41, 5.74) is 8.69. The first-order valence-electron chi connectivity index (χ1n) is 6.75. The van der Waals surface area contributed by atoms with Crippen molar-refractivity contribution >= 4 is 17.6 Å². The summed E-state index contributed by atoms with van der Waals surface area (Å²) in [6, 6.07) is 12.8. The average molecular weight is 270 g/mol. The number of hydrogen-bond donors (Lipinski definition) is 1. The normalized spacial score (nSPS) is 18.0. The van der Waals surface area contributed by atoms with Gasteiger partial charge in [-0.3, -0.25) is 0 Å². The van der Waals surface area contributed by atoms with Crippen molar-refractivity contribution in [2.24, 2.45) is 0 Å². The first kappa shape index (κ1) is 12.5. The van der Waals surface area contributed by atoms with Crippen LogP contribution in [-0.2, 0) is 6.42 Å². The molecule has 2 nitrogen and oxygen atoms in total. The van der Waals surface area contributed by atoms with E-state index in [0.717, 1.165) is 5.75 Å². The average Bonchev–Trinajstić information content (AvgIpc) is 2.47. The Morgan fingerprint density at radius 2 is 2.11 bits per heavy atom. The van der Waals surface area contributed by atoms with Gasteiger partial charge in [-0.25, -0.2) is 4.98 Å². The number of nitrogen functional groups attached to an aromatic ring is 1. The van der Waals surface area contributed by atoms with Crippen molar-refractivity contribution < 1.29 is 0 Å². The quantitative estimate of drug-likeness (QED) is 0.860. The van der Waals surface area contributed by atoms with Crippen LogP contribution in [0.1, 0.15) is 29.9 Å². The number of rotatable bonds is 3. The Hall–Kier alpha value is -1.48. The maximum atomic E-state index is 5.61. The Balaban J connectivity index is 1.69.